The number of ether oxygens (including phenoxy) is 2. The number of aliphatic carboxylic acids is 1. The molecule has 0 spiro atoms. The largest absolute Gasteiger partial charge is 0.492 e. The van der Waals surface area contributed by atoms with E-state index < -0.39 is 11.2 Å². The molecule has 3 aromatic rings. The van der Waals surface area contributed by atoms with Gasteiger partial charge in [0.25, 0.3) is 0 Å². The van der Waals surface area contributed by atoms with Crippen LogP contribution in [0.1, 0.15) is 27.7 Å². The molecular weight excluding hydrogens is 418 g/mol. The summed E-state index contributed by atoms with van der Waals surface area (Å²) < 4.78 is 13.3. The number of aromatic nitrogens is 4. The summed E-state index contributed by atoms with van der Waals surface area (Å²) in [7, 11) is 0. The molecule has 0 aliphatic heterocycles. The Kier molecular flexibility index (Phi) is 7.21. The van der Waals surface area contributed by atoms with Crippen molar-refractivity contribution >= 4 is 34.7 Å². The van der Waals surface area contributed by atoms with Crippen molar-refractivity contribution in [3.8, 4) is 11.5 Å². The fourth-order valence-corrected chi connectivity index (χ4v) is 4.00. The second kappa shape index (κ2) is 9.86. The van der Waals surface area contributed by atoms with Crippen molar-refractivity contribution in [2.75, 3.05) is 12.3 Å². The smallest absolute Gasteiger partial charge is 0.317 e. The molecule has 0 aliphatic carbocycles. The summed E-state index contributed by atoms with van der Waals surface area (Å²) in [5.41, 5.74) is 6.96. The summed E-state index contributed by atoms with van der Waals surface area (Å²) in [5, 5.41) is 9.45. The van der Waals surface area contributed by atoms with Crippen molar-refractivity contribution in [3.63, 3.8) is 0 Å². The Hall–Kier alpha value is -3.01. The van der Waals surface area contributed by atoms with E-state index >= 15 is 0 Å². The number of nitrogen functional groups attached to an aromatic ring is 1. The highest BCUT2D eigenvalue weighted by Crippen LogP contribution is 2.31. The molecule has 0 bridgehead atoms. The van der Waals surface area contributed by atoms with Crippen LogP contribution in [0.5, 0.6) is 11.5 Å². The highest BCUT2D eigenvalue weighted by Gasteiger charge is 2.26. The van der Waals surface area contributed by atoms with E-state index in [0.29, 0.717) is 35.2 Å². The van der Waals surface area contributed by atoms with E-state index in [1.54, 1.807) is 0 Å². The first-order valence-corrected chi connectivity index (χ1v) is 10.9. The van der Waals surface area contributed by atoms with Crippen molar-refractivity contribution in [2.45, 2.75) is 50.8 Å². The van der Waals surface area contributed by atoms with Crippen LogP contribution >= 0.6 is 11.8 Å². The van der Waals surface area contributed by atoms with Gasteiger partial charge in [0.2, 0.25) is 0 Å². The molecule has 0 amide bonds. The highest BCUT2D eigenvalue weighted by atomic mass is 32.2. The maximum absolute atomic E-state index is 11.7. The Balaban J connectivity index is 1.78. The Bertz CT molecular complexity index is 1040. The van der Waals surface area contributed by atoms with Crippen LogP contribution in [0.4, 0.5) is 5.82 Å². The second-order valence-electron chi connectivity index (χ2n) is 7.58. The van der Waals surface area contributed by atoms with Gasteiger partial charge < -0.3 is 24.9 Å². The zero-order chi connectivity index (χ0) is 22.5. The molecule has 1 atom stereocenters. The molecule has 2 heterocycles. The lowest BCUT2D eigenvalue weighted by atomic mass is 10.1. The minimum absolute atomic E-state index is 0.0815. The minimum atomic E-state index is -0.891. The summed E-state index contributed by atoms with van der Waals surface area (Å²) in [5.74, 6) is 0.764. The Morgan fingerprint density at radius 2 is 1.84 bits per heavy atom. The van der Waals surface area contributed by atoms with E-state index in [-0.39, 0.29) is 17.8 Å². The van der Waals surface area contributed by atoms with Crippen LogP contribution < -0.4 is 15.2 Å². The molecule has 0 fully saturated rings. The van der Waals surface area contributed by atoms with Gasteiger partial charge in [0, 0.05) is 0 Å². The van der Waals surface area contributed by atoms with Crippen molar-refractivity contribution in [2.24, 2.45) is 5.92 Å². The predicted molar refractivity (Wildman–Crippen MR) is 120 cm³/mol. The van der Waals surface area contributed by atoms with Crippen molar-refractivity contribution in [1.82, 2.24) is 19.5 Å². The van der Waals surface area contributed by atoms with Gasteiger partial charge in [0.15, 0.2) is 22.1 Å². The number of nitrogens with two attached hydrogens (primary N) is 1. The maximum Gasteiger partial charge on any atom is 0.317 e. The predicted octanol–water partition coefficient (Wildman–Crippen LogP) is 3.48. The molecule has 0 aliphatic rings. The van der Waals surface area contributed by atoms with Crippen molar-refractivity contribution in [1.29, 1.82) is 0 Å². The van der Waals surface area contributed by atoms with Gasteiger partial charge in [-0.15, -0.1) is 0 Å². The monoisotopic (exact) mass is 445 g/mol. The quantitative estimate of drug-likeness (QED) is 0.451. The number of anilines is 1. The summed E-state index contributed by atoms with van der Waals surface area (Å²) in [6.07, 6.45) is 1.47. The zero-order valence-electron chi connectivity index (χ0n) is 18.0. The molecule has 0 radical (unpaired) electrons. The van der Waals surface area contributed by atoms with Crippen LogP contribution in [-0.4, -0.2) is 48.6 Å². The third kappa shape index (κ3) is 5.57. The molecule has 1 unspecified atom stereocenters. The molecule has 1 aromatic carbocycles. The van der Waals surface area contributed by atoms with Gasteiger partial charge in [-0.05, 0) is 44.0 Å². The van der Waals surface area contributed by atoms with Gasteiger partial charge in [-0.1, -0.05) is 25.6 Å². The van der Waals surface area contributed by atoms with Gasteiger partial charge in [0.05, 0.1) is 12.6 Å². The number of nitrogens with zero attached hydrogens (tertiary/aromatic N) is 4. The number of carbonyl (C=O) groups is 1. The topological polar surface area (TPSA) is 125 Å². The normalized spacial score (nSPS) is 12.5. The number of imidazole rings is 1. The average molecular weight is 446 g/mol. The van der Waals surface area contributed by atoms with Crippen LogP contribution in [0.25, 0.3) is 11.2 Å². The van der Waals surface area contributed by atoms with Gasteiger partial charge >= 0.3 is 5.97 Å². The van der Waals surface area contributed by atoms with Gasteiger partial charge in [0.1, 0.15) is 29.7 Å². The third-order valence-corrected chi connectivity index (χ3v) is 5.91. The van der Waals surface area contributed by atoms with Crippen LogP contribution in [0.15, 0.2) is 35.7 Å². The summed E-state index contributed by atoms with van der Waals surface area (Å²) >= 11 is 1.18. The lowest BCUT2D eigenvalue weighted by molar-refractivity contribution is -0.137. The lowest BCUT2D eigenvalue weighted by Crippen LogP contribution is -2.23. The molecular formula is C21H27N5O4S. The molecule has 0 saturated heterocycles. The number of hydrogen-bond acceptors (Lipinski definition) is 8. The standard InChI is InChI=1S/C21H27N5O4S/c1-12(2)17(20(27)28)31-21-25-16-18(22)23-11-24-19(16)26(21)9-10-29-14-5-7-15(8-6-14)30-13(3)4/h5-8,11-13,17H,9-10H2,1-4H3,(H,27,28)(H2,22,23,24). The molecule has 166 valence electrons. The lowest BCUT2D eigenvalue weighted by Gasteiger charge is -2.16. The summed E-state index contributed by atoms with van der Waals surface area (Å²) in [4.78, 5) is 24.5. The first-order valence-electron chi connectivity index (χ1n) is 10.0. The first kappa shape index (κ1) is 22.7. The molecule has 3 N–H and O–H groups in total. The van der Waals surface area contributed by atoms with Crippen LogP contribution in [0.2, 0.25) is 0 Å². The van der Waals surface area contributed by atoms with E-state index in [9.17, 15) is 9.90 Å². The second-order valence-corrected chi connectivity index (χ2v) is 8.69. The number of hydrogen-bond donors (Lipinski definition) is 2. The van der Waals surface area contributed by atoms with E-state index in [1.807, 2.05) is 56.5 Å². The van der Waals surface area contributed by atoms with Crippen molar-refractivity contribution < 1.29 is 19.4 Å². The van der Waals surface area contributed by atoms with Crippen LogP contribution in [0.3, 0.4) is 0 Å². The molecule has 10 heteroatoms. The summed E-state index contributed by atoms with van der Waals surface area (Å²) in [6.45, 7) is 8.43. The van der Waals surface area contributed by atoms with E-state index in [4.69, 9.17) is 15.2 Å². The fourth-order valence-electron chi connectivity index (χ4n) is 2.95. The van der Waals surface area contributed by atoms with E-state index in [2.05, 4.69) is 15.0 Å². The van der Waals surface area contributed by atoms with Gasteiger partial charge in [-0.25, -0.2) is 15.0 Å². The molecule has 9 nitrogen and oxygen atoms in total. The Morgan fingerprint density at radius 3 is 2.45 bits per heavy atom. The van der Waals surface area contributed by atoms with E-state index in [1.165, 1.54) is 18.1 Å². The highest BCUT2D eigenvalue weighted by molar-refractivity contribution is 8.00. The summed E-state index contributed by atoms with van der Waals surface area (Å²) in [6, 6.07) is 7.41. The molecule has 2 aromatic heterocycles. The third-order valence-electron chi connectivity index (χ3n) is 4.39. The zero-order valence-corrected chi connectivity index (χ0v) is 18.8. The fraction of sp³-hybridized carbons (Fsp3) is 0.429. The van der Waals surface area contributed by atoms with Crippen LogP contribution in [-0.2, 0) is 11.3 Å². The van der Waals surface area contributed by atoms with Crippen LogP contribution in [0, 0.1) is 5.92 Å². The number of carboxylic acids is 1. The number of benzene rings is 1. The Labute approximate surface area is 185 Å². The number of fused-ring (bicyclic) bond motifs is 1. The average Bonchev–Trinajstić information content (AvgIpc) is 3.05. The molecule has 3 rings (SSSR count). The van der Waals surface area contributed by atoms with Gasteiger partial charge in [-0.3, -0.25) is 4.79 Å². The first-order chi connectivity index (χ1) is 14.8. The van der Waals surface area contributed by atoms with E-state index in [0.717, 1.165) is 5.75 Å². The number of rotatable bonds is 10. The maximum atomic E-state index is 11.7. The minimum Gasteiger partial charge on any atom is -0.492 e. The molecule has 31 heavy (non-hydrogen) atoms. The molecule has 0 saturated carbocycles. The van der Waals surface area contributed by atoms with Gasteiger partial charge in [-0.2, -0.15) is 0 Å². The number of thioether (sulfide) groups is 1. The SMILES string of the molecule is CC(C)Oc1ccc(OCCn2c(SC(C(=O)O)C(C)C)nc3c(N)ncnc32)cc1. The number of carboxylic acid groups (broad SMARTS) is 1. The van der Waals surface area contributed by atoms with Crippen molar-refractivity contribution in [3.05, 3.63) is 30.6 Å². The Morgan fingerprint density at radius 1 is 1.16 bits per heavy atom.